The van der Waals surface area contributed by atoms with Crippen LogP contribution in [0.15, 0.2) is 30.3 Å². The number of rotatable bonds is 3. The van der Waals surface area contributed by atoms with E-state index >= 15 is 0 Å². The number of nitrogens with zero attached hydrogens (tertiary/aromatic N) is 2. The molecule has 0 unspecified atom stereocenters. The van der Waals surface area contributed by atoms with Crippen molar-refractivity contribution in [3.8, 4) is 0 Å². The molecule has 0 saturated carbocycles. The Morgan fingerprint density at radius 1 is 1.05 bits per heavy atom. The van der Waals surface area contributed by atoms with E-state index < -0.39 is 0 Å². The Morgan fingerprint density at radius 3 is 2.10 bits per heavy atom. The number of piperazine rings is 1. The molecule has 0 aromatic heterocycles. The Hall–Kier alpha value is 0.210. The number of thiocarbonyl (C=S) groups is 1. The van der Waals surface area contributed by atoms with E-state index in [4.69, 9.17) is 24.8 Å². The Kier molecular flexibility index (Phi) is 13.3. The smallest absolute Gasteiger partial charge is 0.412 e. The zero-order chi connectivity index (χ0) is 12.1. The van der Waals surface area contributed by atoms with E-state index in [9.17, 15) is 0 Å². The molecule has 2 rings (SSSR count). The number of hydrogen-bond donors (Lipinski definition) is 0. The molecule has 0 radical (unpaired) electrons. The molecule has 4 N–H and O–H groups in total. The van der Waals surface area contributed by atoms with Crippen molar-refractivity contribution in [2.24, 2.45) is 0 Å². The standard InChI is InChI=1S/C13H18N2S2.Na.2H2O/c16-13(17)15-10-8-14(9-11-15)7-6-12-4-2-1-3-5-12;;;/h1-5H,6-11H2,(H,16,17);;2*1H2/q;+1;;/p-1. The summed E-state index contributed by atoms with van der Waals surface area (Å²) >= 11 is 10.0. The normalized spacial score (nSPS) is 14.5. The molecule has 4 nitrogen and oxygen atoms in total. The third-order valence-electron chi connectivity index (χ3n) is 3.19. The van der Waals surface area contributed by atoms with Gasteiger partial charge in [0.15, 0.2) is 0 Å². The fraction of sp³-hybridized carbons (Fsp3) is 0.462. The molecule has 108 valence electrons. The first-order valence-electron chi connectivity index (χ1n) is 5.98. The van der Waals surface area contributed by atoms with Crippen LogP contribution in [-0.4, -0.2) is 57.8 Å². The molecule has 1 aromatic carbocycles. The van der Waals surface area contributed by atoms with Crippen LogP contribution in [0.3, 0.4) is 0 Å². The van der Waals surface area contributed by atoms with Gasteiger partial charge in [-0.2, -0.15) is 0 Å². The Labute approximate surface area is 153 Å². The van der Waals surface area contributed by atoms with E-state index in [1.807, 2.05) is 0 Å². The van der Waals surface area contributed by atoms with Crippen molar-refractivity contribution in [3.05, 3.63) is 35.9 Å². The second-order valence-electron chi connectivity index (χ2n) is 4.33. The maximum absolute atomic E-state index is 5.02. The average molecular weight is 324 g/mol. The summed E-state index contributed by atoms with van der Waals surface area (Å²) in [4.78, 5) is 4.60. The molecule has 0 atom stereocenters. The summed E-state index contributed by atoms with van der Waals surface area (Å²) in [6.45, 7) is 5.24. The molecule has 1 fully saturated rings. The summed E-state index contributed by atoms with van der Waals surface area (Å²) in [5.41, 5.74) is 1.41. The Balaban J connectivity index is 0. The first kappa shape index (κ1) is 22.5. The van der Waals surface area contributed by atoms with Crippen LogP contribution in [0.4, 0.5) is 0 Å². The molecule has 0 amide bonds. The van der Waals surface area contributed by atoms with E-state index in [-0.39, 0.29) is 40.5 Å². The molecular weight excluding hydrogens is 303 g/mol. The van der Waals surface area contributed by atoms with Crippen LogP contribution in [-0.2, 0) is 19.0 Å². The van der Waals surface area contributed by atoms with Gasteiger partial charge in [-0.05, 0) is 12.0 Å². The molecule has 1 aromatic rings. The molecule has 1 saturated heterocycles. The predicted molar refractivity (Wildman–Crippen MR) is 85.3 cm³/mol. The van der Waals surface area contributed by atoms with Crippen LogP contribution in [0.2, 0.25) is 0 Å². The van der Waals surface area contributed by atoms with Crippen LogP contribution in [0.1, 0.15) is 5.56 Å². The van der Waals surface area contributed by atoms with Gasteiger partial charge in [-0.3, -0.25) is 4.90 Å². The second-order valence-corrected chi connectivity index (χ2v) is 5.36. The topological polar surface area (TPSA) is 69.5 Å². The summed E-state index contributed by atoms with van der Waals surface area (Å²) in [5, 5.41) is 0. The van der Waals surface area contributed by atoms with E-state index in [0.717, 1.165) is 39.1 Å². The van der Waals surface area contributed by atoms with Crippen LogP contribution in [0.25, 0.3) is 0 Å². The second kappa shape index (κ2) is 11.8. The predicted octanol–water partition coefficient (Wildman–Crippen LogP) is -2.97. The van der Waals surface area contributed by atoms with Crippen molar-refractivity contribution >= 4 is 29.2 Å². The summed E-state index contributed by atoms with van der Waals surface area (Å²) in [7, 11) is 0. The maximum atomic E-state index is 5.02. The van der Waals surface area contributed by atoms with Crippen LogP contribution in [0, 0.1) is 0 Å². The molecule has 0 bridgehead atoms. The Bertz CT molecular complexity index is 374. The number of hydrogen-bond acceptors (Lipinski definition) is 3. The van der Waals surface area contributed by atoms with Gasteiger partial charge in [0.2, 0.25) is 0 Å². The van der Waals surface area contributed by atoms with E-state index in [1.54, 1.807) is 0 Å². The van der Waals surface area contributed by atoms with Crippen molar-refractivity contribution in [3.63, 3.8) is 0 Å². The fourth-order valence-corrected chi connectivity index (χ4v) is 2.45. The largest absolute Gasteiger partial charge is 1.00 e. The van der Waals surface area contributed by atoms with Crippen LogP contribution in [0.5, 0.6) is 0 Å². The minimum atomic E-state index is 0. The van der Waals surface area contributed by atoms with Gasteiger partial charge in [-0.25, -0.2) is 0 Å². The van der Waals surface area contributed by atoms with Crippen molar-refractivity contribution in [2.75, 3.05) is 32.7 Å². The van der Waals surface area contributed by atoms with E-state index in [2.05, 4.69) is 40.1 Å². The summed E-state index contributed by atoms with van der Waals surface area (Å²) < 4.78 is 0.618. The summed E-state index contributed by atoms with van der Waals surface area (Å²) in [6.07, 6.45) is 1.12. The third-order valence-corrected chi connectivity index (χ3v) is 3.71. The van der Waals surface area contributed by atoms with Crippen molar-refractivity contribution in [2.45, 2.75) is 6.42 Å². The van der Waals surface area contributed by atoms with E-state index in [1.165, 1.54) is 5.56 Å². The molecule has 7 heteroatoms. The van der Waals surface area contributed by atoms with Crippen molar-refractivity contribution in [1.82, 2.24) is 9.80 Å². The first-order chi connectivity index (χ1) is 8.25. The van der Waals surface area contributed by atoms with Gasteiger partial charge in [-0.15, -0.1) is 0 Å². The molecule has 0 spiro atoms. The van der Waals surface area contributed by atoms with Crippen LogP contribution < -0.4 is 29.6 Å². The zero-order valence-electron chi connectivity index (χ0n) is 11.8. The van der Waals surface area contributed by atoms with Crippen LogP contribution >= 0.6 is 12.2 Å². The minimum absolute atomic E-state index is 0. The molecule has 1 heterocycles. The maximum Gasteiger partial charge on any atom is 1.00 e. The quantitative estimate of drug-likeness (QED) is 0.338. The summed E-state index contributed by atoms with van der Waals surface area (Å²) in [5.74, 6) is 0. The molecule has 0 aliphatic carbocycles. The molecular formula is C13H21N2NaO2S2. The fourth-order valence-electron chi connectivity index (χ4n) is 2.09. The van der Waals surface area contributed by atoms with Gasteiger partial charge in [-0.1, -0.05) is 34.7 Å². The monoisotopic (exact) mass is 324 g/mol. The van der Waals surface area contributed by atoms with Gasteiger partial charge in [0, 0.05) is 32.7 Å². The van der Waals surface area contributed by atoms with Gasteiger partial charge >= 0.3 is 29.6 Å². The van der Waals surface area contributed by atoms with E-state index in [0.29, 0.717) is 4.32 Å². The van der Waals surface area contributed by atoms with Gasteiger partial charge in [0.1, 0.15) is 0 Å². The Morgan fingerprint density at radius 2 is 1.60 bits per heavy atom. The first-order valence-corrected chi connectivity index (χ1v) is 6.79. The zero-order valence-corrected chi connectivity index (χ0v) is 15.5. The van der Waals surface area contributed by atoms with Crippen molar-refractivity contribution < 1.29 is 40.5 Å². The van der Waals surface area contributed by atoms with Crippen molar-refractivity contribution in [1.29, 1.82) is 0 Å². The van der Waals surface area contributed by atoms with Gasteiger partial charge in [0.05, 0.1) is 0 Å². The average Bonchev–Trinajstić information content (AvgIpc) is 2.38. The molecule has 1 aliphatic rings. The SMILES string of the molecule is O.O.S=C([S-])N1CCN(CCc2ccccc2)CC1.[Na+]. The molecule has 1 aliphatic heterocycles. The minimum Gasteiger partial charge on any atom is -0.412 e. The third kappa shape index (κ3) is 7.28. The van der Waals surface area contributed by atoms with Gasteiger partial charge in [0.25, 0.3) is 0 Å². The number of benzene rings is 1. The summed E-state index contributed by atoms with van der Waals surface area (Å²) in [6, 6.07) is 10.6. The van der Waals surface area contributed by atoms with Gasteiger partial charge < -0.3 is 40.7 Å². The molecule has 20 heavy (non-hydrogen) atoms.